The molecule has 148 valence electrons. The number of carbonyl (C=O) groups is 1. The fourth-order valence-electron chi connectivity index (χ4n) is 2.93. The molecule has 28 heavy (non-hydrogen) atoms. The van der Waals surface area contributed by atoms with E-state index in [1.54, 1.807) is 31.9 Å². The first-order valence-corrected chi connectivity index (χ1v) is 10.6. The first-order chi connectivity index (χ1) is 13.4. The molecule has 8 heteroatoms. The summed E-state index contributed by atoms with van der Waals surface area (Å²) in [6.45, 7) is 6.08. The Labute approximate surface area is 172 Å². The number of nitrogens with zero attached hydrogens (tertiary/aromatic N) is 2. The third-order valence-electron chi connectivity index (χ3n) is 4.56. The number of methoxy groups -OCH3 is 2. The summed E-state index contributed by atoms with van der Waals surface area (Å²) >= 11 is 3.08. The summed E-state index contributed by atoms with van der Waals surface area (Å²) < 4.78 is 10.7. The Morgan fingerprint density at radius 1 is 1.25 bits per heavy atom. The highest BCUT2D eigenvalue weighted by molar-refractivity contribution is 8.00. The number of aromatic nitrogens is 2. The van der Waals surface area contributed by atoms with E-state index in [2.05, 4.69) is 29.1 Å². The molecule has 0 saturated heterocycles. The third kappa shape index (κ3) is 4.23. The van der Waals surface area contributed by atoms with Crippen molar-refractivity contribution in [2.24, 2.45) is 0 Å². The van der Waals surface area contributed by atoms with Crippen LogP contribution in [0.1, 0.15) is 29.0 Å². The summed E-state index contributed by atoms with van der Waals surface area (Å²) in [5.41, 5.74) is 2.08. The van der Waals surface area contributed by atoms with Crippen LogP contribution in [0.3, 0.4) is 0 Å². The van der Waals surface area contributed by atoms with Crippen molar-refractivity contribution in [1.82, 2.24) is 15.3 Å². The number of hydrogen-bond acceptors (Lipinski definition) is 7. The molecule has 0 radical (unpaired) electrons. The molecule has 1 aromatic carbocycles. The van der Waals surface area contributed by atoms with Gasteiger partial charge in [-0.3, -0.25) is 4.79 Å². The summed E-state index contributed by atoms with van der Waals surface area (Å²) in [6.07, 6.45) is 1.56. The highest BCUT2D eigenvalue weighted by Gasteiger charge is 2.17. The van der Waals surface area contributed by atoms with Gasteiger partial charge < -0.3 is 14.8 Å². The molecule has 0 spiro atoms. The number of hydrogen-bond donors (Lipinski definition) is 1. The molecule has 2 aromatic heterocycles. The van der Waals surface area contributed by atoms with E-state index in [0.29, 0.717) is 11.5 Å². The minimum absolute atomic E-state index is 0.0632. The normalized spacial score (nSPS) is 12.0. The van der Waals surface area contributed by atoms with Crippen LogP contribution < -0.4 is 14.8 Å². The minimum Gasteiger partial charge on any atom is -0.497 e. The SMILES string of the molecule is COc1ccc(C(C)NC(=O)CSc2ncnc3sc(C)c(C)c23)c(OC)c1. The number of amides is 1. The van der Waals surface area contributed by atoms with Gasteiger partial charge in [0.2, 0.25) is 5.91 Å². The van der Waals surface area contributed by atoms with E-state index in [0.717, 1.165) is 20.8 Å². The van der Waals surface area contributed by atoms with Crippen LogP contribution in [0.15, 0.2) is 29.6 Å². The standard InChI is InChI=1S/C20H23N3O3S2/c1-11-13(3)28-20-18(11)19(21-10-22-20)27-9-17(24)23-12(2)15-7-6-14(25-4)8-16(15)26-5/h6-8,10,12H,9H2,1-5H3,(H,23,24). The minimum atomic E-state index is -0.190. The van der Waals surface area contributed by atoms with E-state index >= 15 is 0 Å². The lowest BCUT2D eigenvalue weighted by molar-refractivity contribution is -0.119. The highest BCUT2D eigenvalue weighted by atomic mass is 32.2. The lowest BCUT2D eigenvalue weighted by atomic mass is 10.1. The quantitative estimate of drug-likeness (QED) is 0.457. The molecule has 3 aromatic rings. The monoisotopic (exact) mass is 417 g/mol. The van der Waals surface area contributed by atoms with Crippen molar-refractivity contribution in [2.75, 3.05) is 20.0 Å². The fraction of sp³-hybridized carbons (Fsp3) is 0.350. The average Bonchev–Trinajstić information content (AvgIpc) is 3.00. The van der Waals surface area contributed by atoms with E-state index in [1.165, 1.54) is 22.2 Å². The first-order valence-electron chi connectivity index (χ1n) is 8.79. The Morgan fingerprint density at radius 2 is 2.04 bits per heavy atom. The van der Waals surface area contributed by atoms with E-state index in [1.807, 2.05) is 25.1 Å². The molecule has 1 amide bonds. The molecular formula is C20H23N3O3S2. The van der Waals surface area contributed by atoms with Crippen LogP contribution in [0.5, 0.6) is 11.5 Å². The zero-order chi connectivity index (χ0) is 20.3. The van der Waals surface area contributed by atoms with Crippen molar-refractivity contribution in [3.63, 3.8) is 0 Å². The second kappa shape index (κ2) is 8.79. The van der Waals surface area contributed by atoms with E-state index in [-0.39, 0.29) is 17.7 Å². The molecule has 2 heterocycles. The Bertz CT molecular complexity index is 1000. The van der Waals surface area contributed by atoms with Crippen LogP contribution in [-0.2, 0) is 4.79 Å². The second-order valence-electron chi connectivity index (χ2n) is 6.33. The van der Waals surface area contributed by atoms with Crippen molar-refractivity contribution >= 4 is 39.2 Å². The number of thioether (sulfide) groups is 1. The number of fused-ring (bicyclic) bond motifs is 1. The van der Waals surface area contributed by atoms with Crippen molar-refractivity contribution in [3.8, 4) is 11.5 Å². The molecule has 0 fully saturated rings. The van der Waals surface area contributed by atoms with Crippen molar-refractivity contribution in [2.45, 2.75) is 31.8 Å². The highest BCUT2D eigenvalue weighted by Crippen LogP contribution is 2.34. The fourth-order valence-corrected chi connectivity index (χ4v) is 4.86. The molecule has 1 N–H and O–H groups in total. The molecule has 0 aliphatic carbocycles. The van der Waals surface area contributed by atoms with Gasteiger partial charge >= 0.3 is 0 Å². The summed E-state index contributed by atoms with van der Waals surface area (Å²) in [6, 6.07) is 5.38. The third-order valence-corrected chi connectivity index (χ3v) is 6.66. The van der Waals surface area contributed by atoms with Crippen molar-refractivity contribution in [3.05, 3.63) is 40.5 Å². The van der Waals surface area contributed by atoms with Gasteiger partial charge in [0.25, 0.3) is 0 Å². The molecule has 0 aliphatic rings. The molecule has 1 atom stereocenters. The predicted molar refractivity (Wildman–Crippen MR) is 114 cm³/mol. The number of ether oxygens (including phenoxy) is 2. The van der Waals surface area contributed by atoms with Crippen LogP contribution in [0.2, 0.25) is 0 Å². The van der Waals surface area contributed by atoms with Crippen LogP contribution in [0.25, 0.3) is 10.2 Å². The van der Waals surface area contributed by atoms with E-state index in [9.17, 15) is 4.79 Å². The Balaban J connectivity index is 1.68. The zero-order valence-electron chi connectivity index (χ0n) is 16.5. The molecule has 0 aliphatic heterocycles. The van der Waals surface area contributed by atoms with Gasteiger partial charge in [0.1, 0.15) is 27.7 Å². The number of carbonyl (C=O) groups excluding carboxylic acids is 1. The second-order valence-corrected chi connectivity index (χ2v) is 8.50. The number of rotatable bonds is 7. The molecule has 6 nitrogen and oxygen atoms in total. The van der Waals surface area contributed by atoms with Gasteiger partial charge in [-0.2, -0.15) is 0 Å². The Morgan fingerprint density at radius 3 is 2.75 bits per heavy atom. The van der Waals surface area contributed by atoms with Gasteiger partial charge in [-0.05, 0) is 38.5 Å². The topological polar surface area (TPSA) is 73.3 Å². The maximum atomic E-state index is 12.5. The number of nitrogens with one attached hydrogen (secondary N) is 1. The summed E-state index contributed by atoms with van der Waals surface area (Å²) in [5.74, 6) is 1.61. The molecule has 0 saturated carbocycles. The van der Waals surface area contributed by atoms with Crippen LogP contribution in [0, 0.1) is 13.8 Å². The van der Waals surface area contributed by atoms with Gasteiger partial charge in [-0.1, -0.05) is 11.8 Å². The lowest BCUT2D eigenvalue weighted by Gasteiger charge is -2.18. The Kier molecular flexibility index (Phi) is 6.41. The van der Waals surface area contributed by atoms with Crippen LogP contribution >= 0.6 is 23.1 Å². The summed E-state index contributed by atoms with van der Waals surface area (Å²) in [4.78, 5) is 23.4. The predicted octanol–water partition coefficient (Wildman–Crippen LogP) is 4.29. The maximum Gasteiger partial charge on any atom is 0.230 e. The molecular weight excluding hydrogens is 394 g/mol. The molecule has 1 unspecified atom stereocenters. The largest absolute Gasteiger partial charge is 0.497 e. The molecule has 3 rings (SSSR count). The number of benzene rings is 1. The van der Waals surface area contributed by atoms with Crippen LogP contribution in [0.4, 0.5) is 0 Å². The van der Waals surface area contributed by atoms with Gasteiger partial charge in [0.15, 0.2) is 0 Å². The zero-order valence-corrected chi connectivity index (χ0v) is 18.2. The van der Waals surface area contributed by atoms with Crippen molar-refractivity contribution in [1.29, 1.82) is 0 Å². The van der Waals surface area contributed by atoms with Gasteiger partial charge in [-0.25, -0.2) is 9.97 Å². The van der Waals surface area contributed by atoms with E-state index < -0.39 is 0 Å². The van der Waals surface area contributed by atoms with Gasteiger partial charge in [-0.15, -0.1) is 11.3 Å². The first kappa shape index (κ1) is 20.4. The van der Waals surface area contributed by atoms with Crippen molar-refractivity contribution < 1.29 is 14.3 Å². The van der Waals surface area contributed by atoms with E-state index in [4.69, 9.17) is 9.47 Å². The molecule has 0 bridgehead atoms. The van der Waals surface area contributed by atoms with Gasteiger partial charge in [0.05, 0.1) is 26.0 Å². The lowest BCUT2D eigenvalue weighted by Crippen LogP contribution is -2.28. The average molecular weight is 418 g/mol. The maximum absolute atomic E-state index is 12.5. The summed E-state index contributed by atoms with van der Waals surface area (Å²) in [5, 5.41) is 4.92. The smallest absolute Gasteiger partial charge is 0.230 e. The summed E-state index contributed by atoms with van der Waals surface area (Å²) in [7, 11) is 3.21. The van der Waals surface area contributed by atoms with Gasteiger partial charge in [0, 0.05) is 21.9 Å². The van der Waals surface area contributed by atoms with Crippen LogP contribution in [-0.4, -0.2) is 35.8 Å². The Hall–Kier alpha value is -2.32. The number of thiophene rings is 1. The number of aryl methyl sites for hydroxylation is 2.